The molecule has 20 heavy (non-hydrogen) atoms. The lowest BCUT2D eigenvalue weighted by molar-refractivity contribution is -0.147. The highest BCUT2D eigenvalue weighted by Crippen LogP contribution is 2.19. The minimum absolute atomic E-state index is 0.0666. The first-order valence-corrected chi connectivity index (χ1v) is 6.98. The van der Waals surface area contributed by atoms with E-state index >= 15 is 0 Å². The Kier molecular flexibility index (Phi) is 4.62. The molecule has 2 amide bonds. The minimum Gasteiger partial charge on any atom is -0.478 e. The van der Waals surface area contributed by atoms with Gasteiger partial charge in [-0.1, -0.05) is 42.1 Å². The Hall–Kier alpha value is -2.02. The molecule has 0 aliphatic carbocycles. The predicted octanol–water partition coefficient (Wildman–Crippen LogP) is 1.99. The highest BCUT2D eigenvalue weighted by Gasteiger charge is 2.32. The summed E-state index contributed by atoms with van der Waals surface area (Å²) in [5, 5.41) is 8.70. The van der Waals surface area contributed by atoms with Gasteiger partial charge in [-0.2, -0.15) is 0 Å². The van der Waals surface area contributed by atoms with Crippen LogP contribution in [-0.4, -0.2) is 45.7 Å². The molecule has 1 heterocycles. The van der Waals surface area contributed by atoms with Gasteiger partial charge in [-0.05, 0) is 5.56 Å². The number of carboxylic acids is 1. The van der Waals surface area contributed by atoms with Crippen molar-refractivity contribution >= 4 is 29.1 Å². The van der Waals surface area contributed by atoms with Crippen LogP contribution in [0.3, 0.4) is 0 Å². The molecule has 0 bridgehead atoms. The number of carbonyl (C=O) groups excluding carboxylic acids is 2. The third kappa shape index (κ3) is 3.51. The molecule has 1 N–H and O–H groups in total. The number of carboxylic acid groups (broad SMARTS) is 1. The van der Waals surface area contributed by atoms with E-state index in [-0.39, 0.29) is 13.0 Å². The van der Waals surface area contributed by atoms with Crippen molar-refractivity contribution in [2.75, 3.05) is 12.3 Å². The first-order chi connectivity index (χ1) is 9.58. The Morgan fingerprint density at radius 1 is 1.35 bits per heavy atom. The van der Waals surface area contributed by atoms with E-state index in [1.54, 1.807) is 24.3 Å². The van der Waals surface area contributed by atoms with Crippen molar-refractivity contribution in [3.63, 3.8) is 0 Å². The molecular weight excluding hydrogens is 282 g/mol. The Labute approximate surface area is 119 Å². The number of amides is 2. The summed E-state index contributed by atoms with van der Waals surface area (Å²) in [6.07, 6.45) is -2.14. The molecule has 1 atom stereocenters. The van der Waals surface area contributed by atoms with Gasteiger partial charge >= 0.3 is 12.1 Å². The molecule has 0 saturated carbocycles. The highest BCUT2D eigenvalue weighted by molar-refractivity contribution is 8.13. The van der Waals surface area contributed by atoms with Crippen LogP contribution in [0.1, 0.15) is 5.56 Å². The summed E-state index contributed by atoms with van der Waals surface area (Å²) >= 11 is 1.01. The average Bonchev–Trinajstić information content (AvgIpc) is 2.85. The maximum Gasteiger partial charge on any atom is 0.418 e. The van der Waals surface area contributed by atoms with Crippen LogP contribution >= 0.6 is 11.8 Å². The zero-order valence-corrected chi connectivity index (χ0v) is 11.3. The summed E-state index contributed by atoms with van der Waals surface area (Å²) in [6.45, 7) is 0.250. The lowest BCUT2D eigenvalue weighted by Gasteiger charge is -2.18. The highest BCUT2D eigenvalue weighted by atomic mass is 32.2. The molecule has 0 aromatic heterocycles. The summed E-state index contributed by atoms with van der Waals surface area (Å²) in [5.74, 6) is -0.730. The zero-order valence-electron chi connectivity index (χ0n) is 10.5. The number of nitrogens with zero attached hydrogens (tertiary/aromatic N) is 1. The van der Waals surface area contributed by atoms with Gasteiger partial charge in [0, 0.05) is 18.7 Å². The fourth-order valence-electron chi connectivity index (χ4n) is 1.75. The van der Waals surface area contributed by atoms with Gasteiger partial charge in [-0.3, -0.25) is 4.79 Å². The number of rotatable bonds is 4. The Balaban J connectivity index is 2.01. The van der Waals surface area contributed by atoms with Crippen LogP contribution in [0, 0.1) is 0 Å². The van der Waals surface area contributed by atoms with Crippen LogP contribution in [-0.2, 0) is 16.0 Å². The molecule has 0 spiro atoms. The zero-order chi connectivity index (χ0) is 14.5. The molecule has 1 aromatic carbocycles. The van der Waals surface area contributed by atoms with Crippen molar-refractivity contribution in [2.24, 2.45) is 0 Å². The summed E-state index contributed by atoms with van der Waals surface area (Å²) in [4.78, 5) is 35.2. The second kappa shape index (κ2) is 6.42. The number of aliphatic carboxylic acids is 1. The number of benzene rings is 1. The Morgan fingerprint density at radius 2 is 2.05 bits per heavy atom. The van der Waals surface area contributed by atoms with Crippen molar-refractivity contribution in [1.82, 2.24) is 4.90 Å². The quantitative estimate of drug-likeness (QED) is 0.914. The van der Waals surface area contributed by atoms with Crippen LogP contribution < -0.4 is 0 Å². The largest absolute Gasteiger partial charge is 0.478 e. The second-order valence-corrected chi connectivity index (χ2v) is 5.21. The van der Waals surface area contributed by atoms with Gasteiger partial charge < -0.3 is 9.84 Å². The van der Waals surface area contributed by atoms with Gasteiger partial charge in [0.15, 0.2) is 0 Å². The number of hydrogen-bond donors (Lipinski definition) is 1. The number of imide groups is 1. The lowest BCUT2D eigenvalue weighted by Crippen LogP contribution is -2.38. The van der Waals surface area contributed by atoms with Crippen LogP contribution in [0.4, 0.5) is 9.59 Å². The third-order valence-corrected chi connectivity index (χ3v) is 3.62. The molecule has 7 heteroatoms. The van der Waals surface area contributed by atoms with E-state index in [0.29, 0.717) is 5.75 Å². The maximum absolute atomic E-state index is 11.8. The molecule has 1 fully saturated rings. The van der Waals surface area contributed by atoms with Crippen molar-refractivity contribution in [2.45, 2.75) is 12.5 Å². The van der Waals surface area contributed by atoms with Gasteiger partial charge in [-0.15, -0.1) is 0 Å². The normalized spacial score (nSPS) is 16.0. The molecular formula is C13H13NO5S. The summed E-state index contributed by atoms with van der Waals surface area (Å²) in [5.41, 5.74) is 0.745. The molecule has 0 unspecified atom stereocenters. The van der Waals surface area contributed by atoms with Crippen molar-refractivity contribution in [1.29, 1.82) is 0 Å². The van der Waals surface area contributed by atoms with Gasteiger partial charge in [0.2, 0.25) is 6.10 Å². The molecule has 6 nitrogen and oxygen atoms in total. The molecule has 106 valence electrons. The smallest absolute Gasteiger partial charge is 0.418 e. The van der Waals surface area contributed by atoms with E-state index in [9.17, 15) is 14.4 Å². The summed E-state index contributed by atoms with van der Waals surface area (Å²) in [7, 11) is 0. The second-order valence-electron chi connectivity index (χ2n) is 4.17. The van der Waals surface area contributed by atoms with Crippen LogP contribution in [0.15, 0.2) is 30.3 Å². The first kappa shape index (κ1) is 14.4. The SMILES string of the molecule is O=C(O)[C@H](Cc1ccccc1)OC(=O)N1CCSC1=O. The van der Waals surface area contributed by atoms with E-state index in [2.05, 4.69) is 0 Å². The fraction of sp³-hybridized carbons (Fsp3) is 0.308. The molecule has 1 saturated heterocycles. The van der Waals surface area contributed by atoms with Crippen LogP contribution in [0.5, 0.6) is 0 Å². The van der Waals surface area contributed by atoms with E-state index < -0.39 is 23.4 Å². The monoisotopic (exact) mass is 295 g/mol. The predicted molar refractivity (Wildman–Crippen MR) is 72.6 cm³/mol. The summed E-state index contributed by atoms with van der Waals surface area (Å²) in [6, 6.07) is 8.86. The van der Waals surface area contributed by atoms with Crippen LogP contribution in [0.25, 0.3) is 0 Å². The molecule has 1 aliphatic rings. The van der Waals surface area contributed by atoms with Gasteiger partial charge in [0.1, 0.15) is 0 Å². The summed E-state index contributed by atoms with van der Waals surface area (Å²) < 4.78 is 4.92. The fourth-order valence-corrected chi connectivity index (χ4v) is 2.52. The third-order valence-electron chi connectivity index (χ3n) is 2.76. The van der Waals surface area contributed by atoms with E-state index in [0.717, 1.165) is 22.2 Å². The minimum atomic E-state index is -1.30. The Morgan fingerprint density at radius 3 is 2.60 bits per heavy atom. The van der Waals surface area contributed by atoms with Crippen molar-refractivity contribution in [3.05, 3.63) is 35.9 Å². The number of carbonyl (C=O) groups is 3. The van der Waals surface area contributed by atoms with E-state index in [1.165, 1.54) is 0 Å². The number of thioether (sulfide) groups is 1. The van der Waals surface area contributed by atoms with Crippen molar-refractivity contribution < 1.29 is 24.2 Å². The standard InChI is InChI=1S/C13H13NO5S/c15-11(16)10(8-9-4-2-1-3-5-9)19-12(17)14-6-7-20-13(14)18/h1-5,10H,6-8H2,(H,15,16)/t10-/m0/s1. The molecule has 2 rings (SSSR count). The number of hydrogen-bond acceptors (Lipinski definition) is 5. The average molecular weight is 295 g/mol. The lowest BCUT2D eigenvalue weighted by atomic mass is 10.1. The topological polar surface area (TPSA) is 83.9 Å². The number of ether oxygens (including phenoxy) is 1. The van der Waals surface area contributed by atoms with Crippen LogP contribution in [0.2, 0.25) is 0 Å². The van der Waals surface area contributed by atoms with Gasteiger partial charge in [0.05, 0.1) is 0 Å². The van der Waals surface area contributed by atoms with Crippen molar-refractivity contribution in [3.8, 4) is 0 Å². The van der Waals surface area contributed by atoms with E-state index in [4.69, 9.17) is 9.84 Å². The molecule has 1 aromatic rings. The molecule has 0 radical (unpaired) electrons. The maximum atomic E-state index is 11.8. The first-order valence-electron chi connectivity index (χ1n) is 5.99. The van der Waals surface area contributed by atoms with Gasteiger partial charge in [0.25, 0.3) is 5.24 Å². The van der Waals surface area contributed by atoms with E-state index in [1.807, 2.05) is 6.07 Å². The van der Waals surface area contributed by atoms with Gasteiger partial charge in [-0.25, -0.2) is 14.5 Å². The molecule has 1 aliphatic heterocycles. The Bertz CT molecular complexity index is 519.